The summed E-state index contributed by atoms with van der Waals surface area (Å²) in [5.74, 6) is -0.0194. The van der Waals surface area contributed by atoms with Crippen LogP contribution in [-0.2, 0) is 6.54 Å². The fraction of sp³-hybridized carbons (Fsp3) is 0.200. The predicted octanol–water partition coefficient (Wildman–Crippen LogP) is 3.77. The van der Waals surface area contributed by atoms with E-state index in [9.17, 15) is 4.79 Å². The van der Waals surface area contributed by atoms with Crippen LogP contribution in [0.4, 0.5) is 0 Å². The number of fused-ring (bicyclic) bond motifs is 1. The lowest BCUT2D eigenvalue weighted by Crippen LogP contribution is -2.29. The van der Waals surface area contributed by atoms with E-state index in [1.54, 1.807) is 27.2 Å². The molecule has 0 radical (unpaired) electrons. The van der Waals surface area contributed by atoms with Crippen LogP contribution in [0.3, 0.4) is 0 Å². The molecule has 0 spiro atoms. The summed E-state index contributed by atoms with van der Waals surface area (Å²) in [6.45, 7) is 2.64. The molecule has 0 saturated heterocycles. The lowest BCUT2D eigenvalue weighted by Gasteiger charge is -2.23. The van der Waals surface area contributed by atoms with E-state index in [4.69, 9.17) is 0 Å². The minimum Gasteiger partial charge on any atom is -0.333 e. The Balaban J connectivity index is 1.49. The molecule has 7 heteroatoms. The van der Waals surface area contributed by atoms with Gasteiger partial charge in [-0.3, -0.25) is 4.79 Å². The fourth-order valence-electron chi connectivity index (χ4n) is 2.87. The second-order valence-corrected chi connectivity index (χ2v) is 7.46. The number of rotatable bonds is 5. The van der Waals surface area contributed by atoms with Crippen LogP contribution in [0.1, 0.15) is 33.9 Å². The average Bonchev–Trinajstić information content (AvgIpc) is 3.36. The minimum absolute atomic E-state index is 0.0194. The molecular weight excluding hydrogens is 358 g/mol. The van der Waals surface area contributed by atoms with Gasteiger partial charge in [-0.05, 0) is 36.8 Å². The van der Waals surface area contributed by atoms with Gasteiger partial charge in [-0.2, -0.15) is 5.10 Å². The number of hydrogen-bond donors (Lipinski definition) is 0. The predicted molar refractivity (Wildman–Crippen MR) is 106 cm³/mol. The van der Waals surface area contributed by atoms with Crippen molar-refractivity contribution in [3.05, 3.63) is 77.3 Å². The summed E-state index contributed by atoms with van der Waals surface area (Å²) in [4.78, 5) is 23.2. The molecule has 0 N–H and O–H groups in total. The van der Waals surface area contributed by atoms with Gasteiger partial charge in [0.15, 0.2) is 0 Å². The summed E-state index contributed by atoms with van der Waals surface area (Å²) in [5, 5.41) is 5.04. The van der Waals surface area contributed by atoms with E-state index in [0.29, 0.717) is 12.1 Å². The van der Waals surface area contributed by atoms with Crippen LogP contribution in [0.15, 0.2) is 61.2 Å². The van der Waals surface area contributed by atoms with Crippen molar-refractivity contribution in [1.82, 2.24) is 24.6 Å². The Morgan fingerprint density at radius 2 is 1.96 bits per heavy atom. The van der Waals surface area contributed by atoms with E-state index in [1.807, 2.05) is 56.4 Å². The SMILES string of the molecule is C[C@H](c1nc2ccccc2s1)N(C)C(=O)c1ccc(Cn2cncn2)cc1. The molecule has 0 aliphatic heterocycles. The third-order valence-corrected chi connectivity index (χ3v) is 5.79. The summed E-state index contributed by atoms with van der Waals surface area (Å²) < 4.78 is 2.88. The largest absolute Gasteiger partial charge is 0.333 e. The van der Waals surface area contributed by atoms with Crippen LogP contribution in [0.25, 0.3) is 10.2 Å². The molecule has 0 saturated carbocycles. The maximum absolute atomic E-state index is 12.9. The van der Waals surface area contributed by atoms with Gasteiger partial charge in [-0.25, -0.2) is 14.6 Å². The quantitative estimate of drug-likeness (QED) is 0.531. The van der Waals surface area contributed by atoms with Crippen LogP contribution >= 0.6 is 11.3 Å². The van der Waals surface area contributed by atoms with Gasteiger partial charge in [0, 0.05) is 12.6 Å². The van der Waals surface area contributed by atoms with Gasteiger partial charge in [0.1, 0.15) is 17.7 Å². The lowest BCUT2D eigenvalue weighted by atomic mass is 10.1. The summed E-state index contributed by atoms with van der Waals surface area (Å²) in [6, 6.07) is 15.6. The van der Waals surface area contributed by atoms with Crippen LogP contribution < -0.4 is 0 Å². The number of hydrogen-bond acceptors (Lipinski definition) is 5. The second kappa shape index (κ2) is 7.28. The number of carbonyl (C=O) groups excluding carboxylic acids is 1. The average molecular weight is 377 g/mol. The smallest absolute Gasteiger partial charge is 0.254 e. The summed E-state index contributed by atoms with van der Waals surface area (Å²) in [5.41, 5.74) is 2.70. The Hall–Kier alpha value is -3.06. The Bertz CT molecular complexity index is 1020. The molecule has 2 aromatic heterocycles. The van der Waals surface area contributed by atoms with E-state index in [1.165, 1.54) is 6.33 Å². The Labute approximate surface area is 161 Å². The van der Waals surface area contributed by atoms with Gasteiger partial charge in [-0.1, -0.05) is 24.3 Å². The Morgan fingerprint density at radius 3 is 2.67 bits per heavy atom. The maximum atomic E-state index is 12.9. The van der Waals surface area contributed by atoms with Crippen LogP contribution in [-0.4, -0.2) is 37.6 Å². The van der Waals surface area contributed by atoms with Gasteiger partial charge >= 0.3 is 0 Å². The topological polar surface area (TPSA) is 63.9 Å². The van der Waals surface area contributed by atoms with Crippen molar-refractivity contribution in [3.8, 4) is 0 Å². The van der Waals surface area contributed by atoms with Gasteiger partial charge in [0.25, 0.3) is 5.91 Å². The van der Waals surface area contributed by atoms with Crippen molar-refractivity contribution in [1.29, 1.82) is 0 Å². The van der Waals surface area contributed by atoms with E-state index >= 15 is 0 Å². The zero-order valence-electron chi connectivity index (χ0n) is 15.1. The van der Waals surface area contributed by atoms with Crippen molar-refractivity contribution in [2.75, 3.05) is 7.05 Å². The molecule has 0 fully saturated rings. The lowest BCUT2D eigenvalue weighted by molar-refractivity contribution is 0.0742. The zero-order valence-corrected chi connectivity index (χ0v) is 15.9. The van der Waals surface area contributed by atoms with Gasteiger partial charge in [0.2, 0.25) is 0 Å². The monoisotopic (exact) mass is 377 g/mol. The van der Waals surface area contributed by atoms with Gasteiger partial charge < -0.3 is 4.90 Å². The third-order valence-electron chi connectivity index (χ3n) is 4.58. The first-order valence-corrected chi connectivity index (χ1v) is 9.47. The molecule has 0 aliphatic carbocycles. The summed E-state index contributed by atoms with van der Waals surface area (Å²) in [7, 11) is 1.82. The van der Waals surface area contributed by atoms with Crippen LogP contribution in [0.5, 0.6) is 0 Å². The standard InChI is InChI=1S/C20H19N5OS/c1-14(19-23-17-5-3-4-6-18(17)27-19)24(2)20(26)16-9-7-15(8-10-16)11-25-13-21-12-22-25/h3-10,12-14H,11H2,1-2H3/t14-/m1/s1. The van der Waals surface area contributed by atoms with E-state index in [2.05, 4.69) is 21.1 Å². The van der Waals surface area contributed by atoms with Crippen molar-refractivity contribution in [3.63, 3.8) is 0 Å². The normalized spacial score (nSPS) is 12.2. The molecule has 136 valence electrons. The van der Waals surface area contributed by atoms with Crippen molar-refractivity contribution in [2.24, 2.45) is 0 Å². The molecule has 4 rings (SSSR count). The minimum atomic E-state index is -0.0928. The third kappa shape index (κ3) is 3.59. The van der Waals surface area contributed by atoms with Gasteiger partial charge in [-0.15, -0.1) is 11.3 Å². The number of benzene rings is 2. The molecule has 2 heterocycles. The number of nitrogens with zero attached hydrogens (tertiary/aromatic N) is 5. The molecule has 0 unspecified atom stereocenters. The molecule has 0 bridgehead atoms. The summed E-state index contributed by atoms with van der Waals surface area (Å²) >= 11 is 1.63. The molecule has 0 aliphatic rings. The molecule has 27 heavy (non-hydrogen) atoms. The number of thiazole rings is 1. The van der Waals surface area contributed by atoms with E-state index < -0.39 is 0 Å². The highest BCUT2D eigenvalue weighted by molar-refractivity contribution is 7.18. The van der Waals surface area contributed by atoms with Crippen molar-refractivity contribution in [2.45, 2.75) is 19.5 Å². The highest BCUT2D eigenvalue weighted by atomic mass is 32.1. The molecular formula is C20H19N5OS. The van der Waals surface area contributed by atoms with Gasteiger partial charge in [0.05, 0.1) is 22.8 Å². The molecule has 2 aromatic carbocycles. The number of amides is 1. The second-order valence-electron chi connectivity index (χ2n) is 6.40. The highest BCUT2D eigenvalue weighted by Gasteiger charge is 2.21. The Morgan fingerprint density at radius 1 is 1.19 bits per heavy atom. The first kappa shape index (κ1) is 17.4. The zero-order chi connectivity index (χ0) is 18.8. The first-order valence-electron chi connectivity index (χ1n) is 8.66. The molecule has 1 atom stereocenters. The van der Waals surface area contributed by atoms with Crippen LogP contribution in [0, 0.1) is 0 Å². The van der Waals surface area contributed by atoms with Crippen molar-refractivity contribution < 1.29 is 4.79 Å². The highest BCUT2D eigenvalue weighted by Crippen LogP contribution is 2.29. The molecule has 6 nitrogen and oxygen atoms in total. The van der Waals surface area contributed by atoms with Crippen molar-refractivity contribution >= 4 is 27.5 Å². The van der Waals surface area contributed by atoms with E-state index in [0.717, 1.165) is 20.8 Å². The van der Waals surface area contributed by atoms with E-state index in [-0.39, 0.29) is 11.9 Å². The number of carbonyl (C=O) groups is 1. The molecule has 1 amide bonds. The summed E-state index contributed by atoms with van der Waals surface area (Å²) in [6.07, 6.45) is 3.18. The molecule has 4 aromatic rings. The maximum Gasteiger partial charge on any atom is 0.254 e. The number of aromatic nitrogens is 4. The van der Waals surface area contributed by atoms with Crippen LogP contribution in [0.2, 0.25) is 0 Å². The Kier molecular flexibility index (Phi) is 4.68. The first-order chi connectivity index (χ1) is 13.1. The number of para-hydroxylation sites is 1. The fourth-order valence-corrected chi connectivity index (χ4v) is 3.93.